The Morgan fingerprint density at radius 1 is 1.12 bits per heavy atom. The Morgan fingerprint density at radius 3 is 2.19 bits per heavy atom. The van der Waals surface area contributed by atoms with Gasteiger partial charge in [0, 0.05) is 31.9 Å². The van der Waals surface area contributed by atoms with Crippen LogP contribution in [0.15, 0.2) is 12.1 Å². The number of methoxy groups -OCH3 is 1. The van der Waals surface area contributed by atoms with Crippen molar-refractivity contribution in [2.75, 3.05) is 38.2 Å². The molecule has 1 aliphatic heterocycles. The average molecular weight is 220 g/mol. The minimum absolute atomic E-state index is 0.953. The van der Waals surface area contributed by atoms with Gasteiger partial charge in [0.15, 0.2) is 0 Å². The monoisotopic (exact) mass is 220 g/mol. The van der Waals surface area contributed by atoms with E-state index in [4.69, 9.17) is 4.74 Å². The van der Waals surface area contributed by atoms with Crippen LogP contribution >= 0.6 is 0 Å². The predicted molar refractivity (Wildman–Crippen MR) is 67.6 cm³/mol. The molecule has 0 bridgehead atoms. The van der Waals surface area contributed by atoms with Crippen LogP contribution in [0.3, 0.4) is 0 Å². The molecule has 0 aromatic heterocycles. The summed E-state index contributed by atoms with van der Waals surface area (Å²) in [7, 11) is 1.72. The normalized spacial score (nSPS) is 16.3. The van der Waals surface area contributed by atoms with Gasteiger partial charge in [-0.1, -0.05) is 0 Å². The lowest BCUT2D eigenvalue weighted by Gasteiger charge is -2.32. The van der Waals surface area contributed by atoms with Gasteiger partial charge in [-0.2, -0.15) is 0 Å². The first-order valence-corrected chi connectivity index (χ1v) is 5.83. The zero-order valence-corrected chi connectivity index (χ0v) is 10.3. The molecular weight excluding hydrogens is 200 g/mol. The highest BCUT2D eigenvalue weighted by Crippen LogP contribution is 2.29. The largest absolute Gasteiger partial charge is 0.497 e. The molecule has 0 radical (unpaired) electrons. The molecule has 1 saturated heterocycles. The molecule has 1 heterocycles. The number of hydrogen-bond acceptors (Lipinski definition) is 3. The lowest BCUT2D eigenvalue weighted by molar-refractivity contribution is 0.414. The third-order valence-electron chi connectivity index (χ3n) is 3.13. The molecular formula is C13H20N2O. The zero-order valence-electron chi connectivity index (χ0n) is 10.3. The maximum atomic E-state index is 5.29. The van der Waals surface area contributed by atoms with Crippen LogP contribution in [0.2, 0.25) is 0 Å². The van der Waals surface area contributed by atoms with Crippen LogP contribution in [-0.2, 0) is 0 Å². The van der Waals surface area contributed by atoms with Gasteiger partial charge in [0.05, 0.1) is 7.11 Å². The van der Waals surface area contributed by atoms with Crippen molar-refractivity contribution in [1.29, 1.82) is 0 Å². The second-order valence-electron chi connectivity index (χ2n) is 4.35. The summed E-state index contributed by atoms with van der Waals surface area (Å²) in [6, 6.07) is 4.23. The Balaban J connectivity index is 2.32. The summed E-state index contributed by atoms with van der Waals surface area (Å²) in [6.07, 6.45) is 0. The first-order valence-electron chi connectivity index (χ1n) is 5.83. The molecule has 0 saturated carbocycles. The molecule has 1 aliphatic rings. The van der Waals surface area contributed by atoms with Crippen LogP contribution in [-0.4, -0.2) is 33.3 Å². The summed E-state index contributed by atoms with van der Waals surface area (Å²) in [5.74, 6) is 0.953. The Kier molecular flexibility index (Phi) is 3.34. The minimum Gasteiger partial charge on any atom is -0.497 e. The summed E-state index contributed by atoms with van der Waals surface area (Å²) in [5, 5.41) is 3.38. The highest BCUT2D eigenvalue weighted by Gasteiger charge is 2.15. The van der Waals surface area contributed by atoms with E-state index in [2.05, 4.69) is 36.2 Å². The first-order chi connectivity index (χ1) is 7.72. The zero-order chi connectivity index (χ0) is 11.5. The van der Waals surface area contributed by atoms with Crippen LogP contribution in [0.4, 0.5) is 5.69 Å². The number of benzene rings is 1. The van der Waals surface area contributed by atoms with E-state index in [1.54, 1.807) is 7.11 Å². The highest BCUT2D eigenvalue weighted by molar-refractivity contribution is 5.61. The summed E-state index contributed by atoms with van der Waals surface area (Å²) in [4.78, 5) is 2.46. The van der Waals surface area contributed by atoms with Gasteiger partial charge in [-0.3, -0.25) is 0 Å². The number of anilines is 1. The molecule has 88 valence electrons. The maximum Gasteiger partial charge on any atom is 0.119 e. The molecule has 0 amide bonds. The molecule has 3 heteroatoms. The lowest BCUT2D eigenvalue weighted by Crippen LogP contribution is -2.44. The third kappa shape index (κ3) is 2.14. The number of ether oxygens (including phenoxy) is 1. The molecule has 1 fully saturated rings. The standard InChI is InChI=1S/C13H20N2O/c1-10-8-12(16-3)9-11(2)13(10)15-6-4-14-5-7-15/h8-9,14H,4-7H2,1-3H3. The Hall–Kier alpha value is -1.22. The van der Waals surface area contributed by atoms with Crippen molar-refractivity contribution < 1.29 is 4.74 Å². The quantitative estimate of drug-likeness (QED) is 0.821. The third-order valence-corrected chi connectivity index (χ3v) is 3.13. The fourth-order valence-corrected chi connectivity index (χ4v) is 2.42. The number of nitrogens with zero attached hydrogens (tertiary/aromatic N) is 1. The molecule has 16 heavy (non-hydrogen) atoms. The first kappa shape index (κ1) is 11.3. The van der Waals surface area contributed by atoms with Crippen molar-refractivity contribution in [2.45, 2.75) is 13.8 Å². The van der Waals surface area contributed by atoms with E-state index in [9.17, 15) is 0 Å². The minimum atomic E-state index is 0.953. The van der Waals surface area contributed by atoms with Gasteiger partial charge in [-0.05, 0) is 37.1 Å². The fourth-order valence-electron chi connectivity index (χ4n) is 2.42. The van der Waals surface area contributed by atoms with E-state index >= 15 is 0 Å². The summed E-state index contributed by atoms with van der Waals surface area (Å²) in [5.41, 5.74) is 3.99. The molecule has 3 nitrogen and oxygen atoms in total. The highest BCUT2D eigenvalue weighted by atomic mass is 16.5. The molecule has 0 unspecified atom stereocenters. The van der Waals surface area contributed by atoms with E-state index in [1.807, 2.05) is 0 Å². The molecule has 1 aromatic carbocycles. The SMILES string of the molecule is COc1cc(C)c(N2CCNCC2)c(C)c1. The van der Waals surface area contributed by atoms with Crippen molar-refractivity contribution in [3.05, 3.63) is 23.3 Å². The predicted octanol–water partition coefficient (Wildman–Crippen LogP) is 1.72. The fraction of sp³-hybridized carbons (Fsp3) is 0.538. The second-order valence-corrected chi connectivity index (χ2v) is 4.35. The van der Waals surface area contributed by atoms with Crippen molar-refractivity contribution in [1.82, 2.24) is 5.32 Å². The van der Waals surface area contributed by atoms with E-state index in [1.165, 1.54) is 16.8 Å². The van der Waals surface area contributed by atoms with Gasteiger partial charge in [0.2, 0.25) is 0 Å². The number of nitrogens with one attached hydrogen (secondary N) is 1. The lowest BCUT2D eigenvalue weighted by atomic mass is 10.1. The van der Waals surface area contributed by atoms with Crippen LogP contribution in [0.25, 0.3) is 0 Å². The Labute approximate surface area is 97.4 Å². The second kappa shape index (κ2) is 4.74. The summed E-state index contributed by atoms with van der Waals surface area (Å²) in [6.45, 7) is 8.65. The molecule has 0 atom stereocenters. The number of rotatable bonds is 2. The van der Waals surface area contributed by atoms with Gasteiger partial charge >= 0.3 is 0 Å². The van der Waals surface area contributed by atoms with Gasteiger partial charge in [0.25, 0.3) is 0 Å². The Bertz CT molecular complexity index is 347. The average Bonchev–Trinajstić information content (AvgIpc) is 2.29. The van der Waals surface area contributed by atoms with Gasteiger partial charge in [0.1, 0.15) is 5.75 Å². The maximum absolute atomic E-state index is 5.29. The Morgan fingerprint density at radius 2 is 1.69 bits per heavy atom. The van der Waals surface area contributed by atoms with Crippen molar-refractivity contribution in [3.8, 4) is 5.75 Å². The topological polar surface area (TPSA) is 24.5 Å². The summed E-state index contributed by atoms with van der Waals surface area (Å²) >= 11 is 0. The molecule has 2 rings (SSSR count). The van der Waals surface area contributed by atoms with E-state index in [0.29, 0.717) is 0 Å². The van der Waals surface area contributed by atoms with Gasteiger partial charge in [-0.15, -0.1) is 0 Å². The van der Waals surface area contributed by atoms with E-state index in [-0.39, 0.29) is 0 Å². The number of aryl methyl sites for hydroxylation is 2. The molecule has 0 aliphatic carbocycles. The van der Waals surface area contributed by atoms with Crippen molar-refractivity contribution in [3.63, 3.8) is 0 Å². The van der Waals surface area contributed by atoms with E-state index < -0.39 is 0 Å². The van der Waals surface area contributed by atoms with Gasteiger partial charge < -0.3 is 15.0 Å². The van der Waals surface area contributed by atoms with Crippen LogP contribution in [0.5, 0.6) is 5.75 Å². The van der Waals surface area contributed by atoms with Crippen molar-refractivity contribution in [2.24, 2.45) is 0 Å². The van der Waals surface area contributed by atoms with E-state index in [0.717, 1.165) is 31.9 Å². The molecule has 1 aromatic rings. The summed E-state index contributed by atoms with van der Waals surface area (Å²) < 4.78 is 5.29. The smallest absolute Gasteiger partial charge is 0.119 e. The number of piperazine rings is 1. The molecule has 1 N–H and O–H groups in total. The van der Waals surface area contributed by atoms with Crippen LogP contribution in [0, 0.1) is 13.8 Å². The van der Waals surface area contributed by atoms with Crippen LogP contribution in [0.1, 0.15) is 11.1 Å². The van der Waals surface area contributed by atoms with Crippen LogP contribution < -0.4 is 15.0 Å². The molecule has 0 spiro atoms. The van der Waals surface area contributed by atoms with Gasteiger partial charge in [-0.25, -0.2) is 0 Å². The number of hydrogen-bond donors (Lipinski definition) is 1. The van der Waals surface area contributed by atoms with Crippen molar-refractivity contribution >= 4 is 5.69 Å².